The Morgan fingerprint density at radius 1 is 0.400 bits per heavy atom. The van der Waals surface area contributed by atoms with Crippen LogP contribution in [0, 0.1) is 5.41 Å². The molecule has 0 aliphatic carbocycles. The van der Waals surface area contributed by atoms with Crippen molar-refractivity contribution in [2.75, 3.05) is 113 Å². The third-order valence-corrected chi connectivity index (χ3v) is 23.1. The lowest BCUT2D eigenvalue weighted by Gasteiger charge is -2.42. The molecule has 0 aromatic rings. The fourth-order valence-electron chi connectivity index (χ4n) is 15.1. The highest BCUT2D eigenvalue weighted by Crippen LogP contribution is 2.43. The van der Waals surface area contributed by atoms with Gasteiger partial charge < -0.3 is 130 Å². The van der Waals surface area contributed by atoms with E-state index < -0.39 is 155 Å². The number of ketones is 5. The summed E-state index contributed by atoms with van der Waals surface area (Å²) in [7, 11) is -3.23. The fourth-order valence-corrected chi connectivity index (χ4v) is 15.6. The average molecular weight is 1820 g/mol. The lowest BCUT2D eigenvalue weighted by atomic mass is 9.83. The molecule has 0 saturated carbocycles. The number of rotatable bonds is 72. The van der Waals surface area contributed by atoms with Gasteiger partial charge in [-0.25, -0.2) is 4.57 Å². The molecule has 0 aromatic carbocycles. The van der Waals surface area contributed by atoms with E-state index in [0.717, 1.165) is 45.6 Å². The normalized spacial score (nSPS) is 25.4. The zero-order chi connectivity index (χ0) is 92.1. The van der Waals surface area contributed by atoms with Gasteiger partial charge in [0.15, 0.2) is 18.9 Å². The Kier molecular flexibility index (Phi) is 56.8. The lowest BCUT2D eigenvalue weighted by Crippen LogP contribution is -2.64. The maximum atomic E-state index is 14.2. The number of phosphoric acid groups is 1. The molecular formula is C84H147N6O34P. The van der Waals surface area contributed by atoms with Crippen molar-refractivity contribution >= 4 is 72.2 Å². The molecule has 16 N–H and O–H groups in total. The van der Waals surface area contributed by atoms with Crippen LogP contribution < -0.4 is 26.6 Å². The summed E-state index contributed by atoms with van der Waals surface area (Å²) in [4.78, 5) is 152. The fraction of sp³-hybridized carbons (Fsp3) is 0.869. The molecule has 4 aliphatic heterocycles. The molecule has 6 amide bonds. The Bertz CT molecular complexity index is 2960. The van der Waals surface area contributed by atoms with Crippen LogP contribution in [0.15, 0.2) is 0 Å². The van der Waals surface area contributed by atoms with Gasteiger partial charge in [-0.2, -0.15) is 0 Å². The van der Waals surface area contributed by atoms with Gasteiger partial charge in [0, 0.05) is 156 Å². The summed E-state index contributed by atoms with van der Waals surface area (Å²) in [5, 5.41) is 115. The number of aliphatic hydroxyl groups is 10. The number of β-amino-alcohol motifs (C(OH)–C–C–N with tert-alkyl or cyclic N) is 1. The van der Waals surface area contributed by atoms with Gasteiger partial charge in [-0.05, 0) is 89.9 Å². The van der Waals surface area contributed by atoms with Crippen LogP contribution in [0.5, 0.6) is 0 Å². The minimum Gasteiger partial charge on any atom is -0.394 e. The predicted octanol–water partition coefficient (Wildman–Crippen LogP) is 0.970. The van der Waals surface area contributed by atoms with Crippen LogP contribution >= 0.6 is 7.82 Å². The molecule has 4 saturated heterocycles. The van der Waals surface area contributed by atoms with E-state index in [1.54, 1.807) is 0 Å². The largest absolute Gasteiger partial charge is 0.471 e. The number of aliphatic hydroxyl groups excluding tert-OH is 10. The van der Waals surface area contributed by atoms with Crippen molar-refractivity contribution in [2.24, 2.45) is 5.41 Å². The number of phosphoric ester groups is 1. The first-order chi connectivity index (χ1) is 59.8. The molecule has 4 aliphatic rings. The topological polar surface area (TPSA) is 592 Å². The Balaban J connectivity index is 1.31. The second kappa shape index (κ2) is 63.5. The highest BCUT2D eigenvalue weighted by molar-refractivity contribution is 7.47. The van der Waals surface area contributed by atoms with Gasteiger partial charge in [0.05, 0.1) is 78.2 Å². The quantitative estimate of drug-likeness (QED) is 0.0298. The van der Waals surface area contributed by atoms with Crippen molar-refractivity contribution in [2.45, 2.75) is 350 Å². The standard InChI is InChI=1S/C84H147N6O34P/c1-56(94)87-72-78(109)75(106)66(49-91)122-81(72)118-40-22-19-30-60(97)26-14-11-16-28-62(99)35-43-115-53-84(47-64(101)32-13-9-7-5-6-8-10-18-34-71(105)90-48-65(102)46-59(90)52-121-125(112,113)114-4,54-116-44-36-63(100)29-17-12-15-27-61(98)31-20-23-41-119-82-73(88-57(2)95)79(110)76(107)67(50-92)123-82)55-117-45-37-70(104)86-39-25-38-85-69(103)33-21-24-42-120-83-74(89-58(3)96)80(111)77(108)68(51-93)124-83/h59,65-68,72-83,91-93,102,106-111H,5-55H2,1-4H3,(H,85,103)(H,86,104)(H,87,94)(H,88,95)(H,89,96)(H,112,113)/t59-,65+,66?,67?,68?,72?,73?,74?,75-,76-,77+,78+,79+,80-,81+,82+,83-,84?/m0/s1. The van der Waals surface area contributed by atoms with Gasteiger partial charge in [0.2, 0.25) is 35.4 Å². The molecule has 0 radical (unpaired) electrons. The van der Waals surface area contributed by atoms with Crippen molar-refractivity contribution in [1.29, 1.82) is 0 Å². The zero-order valence-electron chi connectivity index (χ0n) is 73.6. The Hall–Kier alpha value is -5.48. The Morgan fingerprint density at radius 2 is 0.720 bits per heavy atom. The van der Waals surface area contributed by atoms with Gasteiger partial charge in [-0.3, -0.25) is 61.8 Å². The van der Waals surface area contributed by atoms with Crippen LogP contribution in [0.2, 0.25) is 0 Å². The molecule has 0 spiro atoms. The number of carbonyl (C=O) groups excluding carboxylic acids is 11. The minimum absolute atomic E-state index is 0.0178. The van der Waals surface area contributed by atoms with Crippen molar-refractivity contribution < 1.29 is 165 Å². The van der Waals surface area contributed by atoms with Crippen LogP contribution in [0.25, 0.3) is 0 Å². The third-order valence-electron chi connectivity index (χ3n) is 22.2. The number of amides is 6. The smallest absolute Gasteiger partial charge is 0.394 e. The molecule has 0 bridgehead atoms. The van der Waals surface area contributed by atoms with E-state index in [-0.39, 0.29) is 209 Å². The number of unbranched alkanes of at least 4 members (excludes halogenated alkanes) is 14. The summed E-state index contributed by atoms with van der Waals surface area (Å²) in [6.07, 6.45) is -1.50. The Morgan fingerprint density at radius 3 is 1.09 bits per heavy atom. The van der Waals surface area contributed by atoms with Gasteiger partial charge in [0.1, 0.15) is 102 Å². The summed E-state index contributed by atoms with van der Waals surface area (Å²) >= 11 is 0. The first kappa shape index (κ1) is 112. The van der Waals surface area contributed by atoms with Crippen LogP contribution in [0.1, 0.15) is 245 Å². The number of nitrogens with one attached hydrogen (secondary N) is 5. The minimum atomic E-state index is -4.27. The average Bonchev–Trinajstić information content (AvgIpc) is 1.57. The van der Waals surface area contributed by atoms with E-state index in [1.807, 2.05) is 0 Å². The number of nitrogens with zero attached hydrogens (tertiary/aromatic N) is 1. The molecular weight excluding hydrogens is 1670 g/mol. The molecule has 7 unspecified atom stereocenters. The molecule has 4 heterocycles. The van der Waals surface area contributed by atoms with Crippen LogP contribution in [0.4, 0.5) is 0 Å². The number of Topliss-reactive ketones (excluding diaryl/α,β-unsaturated/α-hetero) is 5. The predicted molar refractivity (Wildman–Crippen MR) is 446 cm³/mol. The summed E-state index contributed by atoms with van der Waals surface area (Å²) < 4.78 is 74.0. The molecule has 18 atom stereocenters. The molecule has 4 rings (SSSR count). The summed E-state index contributed by atoms with van der Waals surface area (Å²) in [6.45, 7) is 2.09. The first-order valence-corrected chi connectivity index (χ1v) is 46.2. The summed E-state index contributed by atoms with van der Waals surface area (Å²) in [6, 6.07) is -3.83. The van der Waals surface area contributed by atoms with E-state index >= 15 is 0 Å². The van der Waals surface area contributed by atoms with Gasteiger partial charge >= 0.3 is 7.82 Å². The molecule has 41 heteroatoms. The van der Waals surface area contributed by atoms with Crippen LogP contribution in [-0.2, 0) is 109 Å². The number of hydrogen-bond donors (Lipinski definition) is 16. The zero-order valence-corrected chi connectivity index (χ0v) is 74.5. The molecule has 40 nitrogen and oxygen atoms in total. The maximum absolute atomic E-state index is 14.2. The van der Waals surface area contributed by atoms with Gasteiger partial charge in [-0.15, -0.1) is 0 Å². The summed E-state index contributed by atoms with van der Waals surface area (Å²) in [5.41, 5.74) is -1.15. The highest BCUT2D eigenvalue weighted by Gasteiger charge is 2.49. The Labute approximate surface area is 733 Å². The van der Waals surface area contributed by atoms with Crippen LogP contribution in [0.3, 0.4) is 0 Å². The highest BCUT2D eigenvalue weighted by atomic mass is 31.2. The van der Waals surface area contributed by atoms with Gasteiger partial charge in [0.25, 0.3) is 0 Å². The van der Waals surface area contributed by atoms with E-state index in [2.05, 4.69) is 31.1 Å². The third kappa shape index (κ3) is 45.8. The number of ether oxygens (including phenoxy) is 9. The summed E-state index contributed by atoms with van der Waals surface area (Å²) in [5.74, 6) is -2.48. The van der Waals surface area contributed by atoms with Crippen molar-refractivity contribution in [1.82, 2.24) is 31.5 Å². The second-order valence-corrected chi connectivity index (χ2v) is 34.7. The number of carbonyl (C=O) groups is 11. The number of likely N-dealkylation sites (tertiary alicyclic amines) is 1. The van der Waals surface area contributed by atoms with Crippen LogP contribution in [-0.4, -0.2) is 342 Å². The number of hydrogen-bond acceptors (Lipinski definition) is 33. The molecule has 722 valence electrons. The van der Waals surface area contributed by atoms with E-state index in [9.17, 15) is 113 Å². The lowest BCUT2D eigenvalue weighted by molar-refractivity contribution is -0.270. The van der Waals surface area contributed by atoms with E-state index in [4.69, 9.17) is 47.2 Å². The van der Waals surface area contributed by atoms with Crippen molar-refractivity contribution in [3.63, 3.8) is 0 Å². The molecule has 125 heavy (non-hydrogen) atoms. The van der Waals surface area contributed by atoms with E-state index in [1.165, 1.54) is 25.7 Å². The molecule has 4 fully saturated rings. The second-order valence-electron chi connectivity index (χ2n) is 33.1. The molecule has 0 aromatic heterocycles. The monoisotopic (exact) mass is 1810 g/mol. The van der Waals surface area contributed by atoms with E-state index in [0.29, 0.717) is 109 Å². The van der Waals surface area contributed by atoms with Crippen molar-refractivity contribution in [3.05, 3.63) is 0 Å². The first-order valence-electron chi connectivity index (χ1n) is 44.7. The van der Waals surface area contributed by atoms with Gasteiger partial charge in [-0.1, -0.05) is 51.4 Å². The SMILES string of the molecule is COP(=O)(O)OC[C@@H]1C[C@@H](O)CN1C(=O)CCCCCCCCCCC(=O)CC(COCCC(=O)CCCCCC(=O)CCCCO[C@@H]1OC(CO)[C@H](O)[C@H](O)C1NC(C)=O)(COCCC(=O)CCCCCC(=O)CCCCO[C@@H]1OC(CO)[C@H](O)[C@H](O)C1NC(C)=O)COCCC(=O)NCCCNC(=O)CCCCO[C@H]1OC(CO)[C@@H](O)[C@@H](O)C1NC(C)=O. The maximum Gasteiger partial charge on any atom is 0.471 e. The van der Waals surface area contributed by atoms with Crippen molar-refractivity contribution in [3.8, 4) is 0 Å².